The van der Waals surface area contributed by atoms with E-state index in [4.69, 9.17) is 17.3 Å². The highest BCUT2D eigenvalue weighted by Crippen LogP contribution is 2.15. The van der Waals surface area contributed by atoms with Crippen LogP contribution in [0.25, 0.3) is 0 Å². The van der Waals surface area contributed by atoms with Crippen LogP contribution in [0.15, 0.2) is 18.2 Å². The van der Waals surface area contributed by atoms with Crippen LogP contribution in [-0.4, -0.2) is 6.04 Å². The van der Waals surface area contributed by atoms with Crippen LogP contribution in [0.2, 0.25) is 5.02 Å². The molecule has 0 aliphatic carbocycles. The number of halogens is 2. The Morgan fingerprint density at radius 3 is 2.83 bits per heavy atom. The lowest BCUT2D eigenvalue weighted by Crippen LogP contribution is -2.18. The Balaban J connectivity index is 2.90. The highest BCUT2D eigenvalue weighted by atomic mass is 35.5. The standard InChI is InChI=1S/C9H11ClFN/c1-6(12)4-7-5-8(10)2-3-9(7)11/h2-3,5-6H,4,12H2,1H3. The molecule has 0 spiro atoms. The maximum Gasteiger partial charge on any atom is 0.126 e. The van der Waals surface area contributed by atoms with Crippen molar-refractivity contribution in [3.05, 3.63) is 34.6 Å². The summed E-state index contributed by atoms with van der Waals surface area (Å²) in [7, 11) is 0. The number of hydrogen-bond donors (Lipinski definition) is 1. The normalized spacial score (nSPS) is 13.0. The van der Waals surface area contributed by atoms with E-state index < -0.39 is 0 Å². The van der Waals surface area contributed by atoms with Crippen LogP contribution in [0.4, 0.5) is 4.39 Å². The molecule has 0 heterocycles. The van der Waals surface area contributed by atoms with E-state index in [-0.39, 0.29) is 11.9 Å². The lowest BCUT2D eigenvalue weighted by molar-refractivity contribution is 0.596. The summed E-state index contributed by atoms with van der Waals surface area (Å²) in [5.41, 5.74) is 6.11. The molecule has 12 heavy (non-hydrogen) atoms. The fourth-order valence-corrected chi connectivity index (χ4v) is 1.24. The smallest absolute Gasteiger partial charge is 0.126 e. The molecule has 0 radical (unpaired) electrons. The van der Waals surface area contributed by atoms with Gasteiger partial charge in [-0.15, -0.1) is 0 Å². The van der Waals surface area contributed by atoms with Crippen molar-refractivity contribution in [1.82, 2.24) is 0 Å². The van der Waals surface area contributed by atoms with Gasteiger partial charge in [-0.1, -0.05) is 11.6 Å². The van der Waals surface area contributed by atoms with Gasteiger partial charge >= 0.3 is 0 Å². The zero-order valence-electron chi connectivity index (χ0n) is 6.85. The van der Waals surface area contributed by atoms with E-state index in [1.165, 1.54) is 12.1 Å². The summed E-state index contributed by atoms with van der Waals surface area (Å²) in [5.74, 6) is -0.239. The minimum Gasteiger partial charge on any atom is -0.328 e. The third-order valence-electron chi connectivity index (χ3n) is 1.55. The molecule has 0 bridgehead atoms. The lowest BCUT2D eigenvalue weighted by atomic mass is 10.1. The zero-order chi connectivity index (χ0) is 9.14. The van der Waals surface area contributed by atoms with E-state index in [9.17, 15) is 4.39 Å². The van der Waals surface area contributed by atoms with E-state index in [0.29, 0.717) is 17.0 Å². The average molecular weight is 188 g/mol. The summed E-state index contributed by atoms with van der Waals surface area (Å²) in [6.07, 6.45) is 0.520. The Labute approximate surface area is 76.3 Å². The van der Waals surface area contributed by atoms with Gasteiger partial charge in [0.15, 0.2) is 0 Å². The largest absolute Gasteiger partial charge is 0.328 e. The maximum absolute atomic E-state index is 13.0. The van der Waals surface area contributed by atoms with E-state index in [1.807, 2.05) is 6.92 Å². The van der Waals surface area contributed by atoms with Gasteiger partial charge < -0.3 is 5.73 Å². The average Bonchev–Trinajstić information content (AvgIpc) is 1.96. The second-order valence-corrected chi connectivity index (χ2v) is 3.35. The van der Waals surface area contributed by atoms with Gasteiger partial charge in [0.05, 0.1) is 0 Å². The zero-order valence-corrected chi connectivity index (χ0v) is 7.61. The van der Waals surface area contributed by atoms with E-state index >= 15 is 0 Å². The number of hydrogen-bond acceptors (Lipinski definition) is 1. The Kier molecular flexibility index (Phi) is 3.06. The minimum absolute atomic E-state index is 0.0435. The first-order valence-electron chi connectivity index (χ1n) is 3.79. The molecule has 1 rings (SSSR count). The van der Waals surface area contributed by atoms with Crippen LogP contribution in [-0.2, 0) is 6.42 Å². The topological polar surface area (TPSA) is 26.0 Å². The van der Waals surface area contributed by atoms with Crippen molar-refractivity contribution in [2.75, 3.05) is 0 Å². The Bertz CT molecular complexity index is 273. The molecular weight excluding hydrogens is 177 g/mol. The van der Waals surface area contributed by atoms with Crippen molar-refractivity contribution in [3.8, 4) is 0 Å². The molecular formula is C9H11ClFN. The molecule has 0 saturated heterocycles. The molecule has 1 aromatic carbocycles. The van der Waals surface area contributed by atoms with Crippen LogP contribution >= 0.6 is 11.6 Å². The summed E-state index contributed by atoms with van der Waals surface area (Å²) in [4.78, 5) is 0. The fraction of sp³-hybridized carbons (Fsp3) is 0.333. The Morgan fingerprint density at radius 1 is 1.58 bits per heavy atom. The summed E-state index contributed by atoms with van der Waals surface area (Å²) in [5, 5.41) is 0.548. The van der Waals surface area contributed by atoms with Crippen molar-refractivity contribution in [2.24, 2.45) is 5.73 Å². The monoisotopic (exact) mass is 187 g/mol. The predicted molar refractivity (Wildman–Crippen MR) is 48.8 cm³/mol. The minimum atomic E-state index is -0.239. The van der Waals surface area contributed by atoms with Gasteiger partial charge in [0.2, 0.25) is 0 Å². The van der Waals surface area contributed by atoms with Crippen molar-refractivity contribution in [3.63, 3.8) is 0 Å². The summed E-state index contributed by atoms with van der Waals surface area (Å²) >= 11 is 5.69. The maximum atomic E-state index is 13.0. The molecule has 66 valence electrons. The van der Waals surface area contributed by atoms with E-state index in [1.54, 1.807) is 6.07 Å². The Hall–Kier alpha value is -0.600. The summed E-state index contributed by atoms with van der Waals surface area (Å²) in [6.45, 7) is 1.83. The van der Waals surface area contributed by atoms with Gasteiger partial charge in [-0.2, -0.15) is 0 Å². The molecule has 1 nitrogen and oxygen atoms in total. The lowest BCUT2D eigenvalue weighted by Gasteiger charge is -2.06. The van der Waals surface area contributed by atoms with Crippen LogP contribution in [0.3, 0.4) is 0 Å². The third kappa shape index (κ3) is 2.47. The number of nitrogens with two attached hydrogens (primary N) is 1. The SMILES string of the molecule is CC(N)Cc1cc(Cl)ccc1F. The van der Waals surface area contributed by atoms with Crippen LogP contribution in [0, 0.1) is 5.82 Å². The van der Waals surface area contributed by atoms with Gasteiger partial charge in [-0.3, -0.25) is 0 Å². The molecule has 1 aromatic rings. The predicted octanol–water partition coefficient (Wildman–Crippen LogP) is 2.37. The molecule has 0 fully saturated rings. The summed E-state index contributed by atoms with van der Waals surface area (Å²) in [6, 6.07) is 4.46. The van der Waals surface area contributed by atoms with Crippen LogP contribution in [0.5, 0.6) is 0 Å². The first kappa shape index (κ1) is 9.49. The molecule has 0 aliphatic rings. The van der Waals surface area contributed by atoms with Gasteiger partial charge in [-0.25, -0.2) is 4.39 Å². The highest BCUT2D eigenvalue weighted by Gasteiger charge is 2.04. The number of benzene rings is 1. The molecule has 0 aromatic heterocycles. The van der Waals surface area contributed by atoms with Crippen molar-refractivity contribution >= 4 is 11.6 Å². The molecule has 3 heteroatoms. The van der Waals surface area contributed by atoms with Gasteiger partial charge in [0, 0.05) is 11.1 Å². The third-order valence-corrected chi connectivity index (χ3v) is 1.78. The van der Waals surface area contributed by atoms with Gasteiger partial charge in [0.1, 0.15) is 5.82 Å². The quantitative estimate of drug-likeness (QED) is 0.756. The first-order chi connectivity index (χ1) is 5.59. The molecule has 0 aliphatic heterocycles. The second-order valence-electron chi connectivity index (χ2n) is 2.92. The number of rotatable bonds is 2. The summed E-state index contributed by atoms with van der Waals surface area (Å²) < 4.78 is 13.0. The second kappa shape index (κ2) is 3.87. The molecule has 0 saturated carbocycles. The van der Waals surface area contributed by atoms with Gasteiger partial charge in [-0.05, 0) is 37.1 Å². The van der Waals surface area contributed by atoms with Gasteiger partial charge in [0.25, 0.3) is 0 Å². The molecule has 0 amide bonds. The van der Waals surface area contributed by atoms with Crippen molar-refractivity contribution in [1.29, 1.82) is 0 Å². The molecule has 2 N–H and O–H groups in total. The van der Waals surface area contributed by atoms with Crippen LogP contribution in [0.1, 0.15) is 12.5 Å². The fourth-order valence-electron chi connectivity index (χ4n) is 1.05. The van der Waals surface area contributed by atoms with E-state index in [0.717, 1.165) is 0 Å². The first-order valence-corrected chi connectivity index (χ1v) is 4.17. The van der Waals surface area contributed by atoms with Crippen LogP contribution < -0.4 is 5.73 Å². The van der Waals surface area contributed by atoms with Crippen molar-refractivity contribution < 1.29 is 4.39 Å². The van der Waals surface area contributed by atoms with Crippen molar-refractivity contribution in [2.45, 2.75) is 19.4 Å². The van der Waals surface area contributed by atoms with E-state index in [2.05, 4.69) is 0 Å². The molecule has 1 atom stereocenters. The molecule has 1 unspecified atom stereocenters. The highest BCUT2D eigenvalue weighted by molar-refractivity contribution is 6.30. The Morgan fingerprint density at radius 2 is 2.25 bits per heavy atom.